The molecule has 56 valence electrons. The molecule has 0 aliphatic rings. The Hall–Kier alpha value is 0.440. The summed E-state index contributed by atoms with van der Waals surface area (Å²) in [6.07, 6.45) is 2.59. The van der Waals surface area contributed by atoms with Crippen molar-refractivity contribution in [3.8, 4) is 0 Å². The summed E-state index contributed by atoms with van der Waals surface area (Å²) in [4.78, 5) is 0. The molecule has 0 aromatic heterocycles. The van der Waals surface area contributed by atoms with Crippen molar-refractivity contribution in [3.63, 3.8) is 0 Å². The Morgan fingerprint density at radius 3 is 1.22 bits per heavy atom. The summed E-state index contributed by atoms with van der Waals surface area (Å²) >= 11 is 7.33. The summed E-state index contributed by atoms with van der Waals surface area (Å²) in [7, 11) is 0. The highest BCUT2D eigenvalue weighted by molar-refractivity contribution is 8.07. The Labute approximate surface area is 68.7 Å². The van der Waals surface area contributed by atoms with E-state index in [0.29, 0.717) is 5.41 Å². The third-order valence-electron chi connectivity index (χ3n) is 1.91. The van der Waals surface area contributed by atoms with Crippen molar-refractivity contribution in [2.75, 3.05) is 0 Å². The van der Waals surface area contributed by atoms with Gasteiger partial charge in [0.2, 0.25) is 0 Å². The van der Waals surface area contributed by atoms with Gasteiger partial charge in [-0.3, -0.25) is 0 Å². The maximum Gasteiger partial charge on any atom is 0 e. The Kier molecular flexibility index (Phi) is 8.85. The molecule has 0 aliphatic heterocycles. The minimum atomic E-state index is 0.583. The van der Waals surface area contributed by atoms with Crippen LogP contribution in [0, 0.1) is 5.41 Å². The maximum absolute atomic E-state index is 3.67. The molecule has 0 saturated carbocycles. The van der Waals surface area contributed by atoms with Gasteiger partial charge in [-0.25, -0.2) is 0 Å². The molecule has 0 aromatic rings. The lowest BCUT2D eigenvalue weighted by atomic mass is 9.88. The van der Waals surface area contributed by atoms with E-state index in [-0.39, 0.29) is 0 Å². The molecule has 0 aliphatic carbocycles. The van der Waals surface area contributed by atoms with E-state index in [1.807, 2.05) is 0 Å². The molecule has 0 aromatic carbocycles. The van der Waals surface area contributed by atoms with Gasteiger partial charge in [0.15, 0.2) is 0 Å². The Balaban J connectivity index is 0. The molecular weight excluding hydrogens is 148 g/mol. The van der Waals surface area contributed by atoms with Crippen molar-refractivity contribution in [3.05, 3.63) is 0 Å². The first kappa shape index (κ1) is 12.1. The van der Waals surface area contributed by atoms with Gasteiger partial charge in [-0.2, -0.15) is 0 Å². The van der Waals surface area contributed by atoms with Crippen molar-refractivity contribution < 1.29 is 0 Å². The van der Waals surface area contributed by atoms with E-state index in [0.717, 1.165) is 0 Å². The van der Waals surface area contributed by atoms with Crippen LogP contribution in [0.1, 0.15) is 40.5 Å². The van der Waals surface area contributed by atoms with E-state index < -0.39 is 0 Å². The van der Waals surface area contributed by atoms with Crippen molar-refractivity contribution >= 4 is 22.4 Å². The fourth-order valence-corrected chi connectivity index (χ4v) is 0.250. The Bertz CT molecular complexity index is 53.9. The van der Waals surface area contributed by atoms with Crippen LogP contribution in [-0.4, -0.2) is 0 Å². The molecule has 0 rings (SSSR count). The number of hydrogen-bond acceptors (Lipinski definition) is 2. The van der Waals surface area contributed by atoms with Crippen molar-refractivity contribution in [1.29, 1.82) is 0 Å². The Morgan fingerprint density at radius 2 is 1.22 bits per heavy atom. The first-order valence-corrected chi connectivity index (χ1v) is 4.62. The van der Waals surface area contributed by atoms with Crippen LogP contribution in [-0.2, 0) is 22.4 Å². The molecule has 0 nitrogen and oxygen atoms in total. The number of hydrogen-bond donors (Lipinski definition) is 0. The van der Waals surface area contributed by atoms with E-state index in [2.05, 4.69) is 50.1 Å². The van der Waals surface area contributed by atoms with Gasteiger partial charge in [-0.05, 0) is 5.41 Å². The van der Waals surface area contributed by atoms with Gasteiger partial charge in [0.05, 0.1) is 0 Å². The van der Waals surface area contributed by atoms with Gasteiger partial charge in [-0.15, -0.1) is 0 Å². The molecule has 0 saturated heterocycles. The van der Waals surface area contributed by atoms with Gasteiger partial charge in [0, 0.05) is 22.4 Å². The second kappa shape index (κ2) is 6.56. The third-order valence-corrected chi connectivity index (χ3v) is 1.91. The molecule has 2 heteroatoms. The molecule has 0 atom stereocenters. The summed E-state index contributed by atoms with van der Waals surface area (Å²) < 4.78 is 0. The zero-order valence-corrected chi connectivity index (χ0v) is 8.36. The van der Waals surface area contributed by atoms with Crippen LogP contribution in [0.25, 0.3) is 0 Å². The SMILES string of the molecule is CCC(C)(C)CC.S=S. The van der Waals surface area contributed by atoms with Gasteiger partial charge < -0.3 is 0 Å². The van der Waals surface area contributed by atoms with Crippen LogP contribution >= 0.6 is 0 Å². The zero-order valence-electron chi connectivity index (χ0n) is 6.73. The van der Waals surface area contributed by atoms with E-state index >= 15 is 0 Å². The highest BCUT2D eigenvalue weighted by Gasteiger charge is 2.09. The molecule has 0 amide bonds. The predicted molar refractivity (Wildman–Crippen MR) is 49.1 cm³/mol. The molecule has 0 heterocycles. The first-order chi connectivity index (χ1) is 4.12. The van der Waals surface area contributed by atoms with Crippen LogP contribution < -0.4 is 0 Å². The molecule has 9 heavy (non-hydrogen) atoms. The minimum absolute atomic E-state index is 0.583. The molecule has 0 radical (unpaired) electrons. The van der Waals surface area contributed by atoms with E-state index in [1.165, 1.54) is 12.8 Å². The summed E-state index contributed by atoms with van der Waals surface area (Å²) in [6.45, 7) is 9.08. The molecular formula is C7H16S2. The summed E-state index contributed by atoms with van der Waals surface area (Å²) in [5, 5.41) is 0. The second-order valence-electron chi connectivity index (χ2n) is 2.87. The first-order valence-electron chi connectivity index (χ1n) is 3.29. The topological polar surface area (TPSA) is 0 Å². The van der Waals surface area contributed by atoms with Crippen LogP contribution in [0.5, 0.6) is 0 Å². The highest BCUT2D eigenvalue weighted by atomic mass is 32.8. The van der Waals surface area contributed by atoms with Crippen LogP contribution in [0.4, 0.5) is 0 Å². The van der Waals surface area contributed by atoms with E-state index in [9.17, 15) is 0 Å². The monoisotopic (exact) mass is 164 g/mol. The lowest BCUT2D eigenvalue weighted by molar-refractivity contribution is 0.338. The highest BCUT2D eigenvalue weighted by Crippen LogP contribution is 2.22. The lowest BCUT2D eigenvalue weighted by Gasteiger charge is -2.18. The minimum Gasteiger partial charge on any atom is -0.0649 e. The quantitative estimate of drug-likeness (QED) is 0.615. The summed E-state index contributed by atoms with van der Waals surface area (Å²) in [5.41, 5.74) is 0.583. The maximum atomic E-state index is 3.67. The zero-order chi connectivity index (χ0) is 7.91. The fraction of sp³-hybridized carbons (Fsp3) is 1.00. The molecule has 0 spiro atoms. The lowest BCUT2D eigenvalue weighted by Crippen LogP contribution is -2.05. The van der Waals surface area contributed by atoms with Crippen LogP contribution in [0.15, 0.2) is 0 Å². The van der Waals surface area contributed by atoms with Crippen LogP contribution in [0.3, 0.4) is 0 Å². The standard InChI is InChI=1S/C7H16.S2/c1-5-7(3,4)6-2;1-2/h5-6H2,1-4H3;. The smallest absolute Gasteiger partial charge is 0 e. The van der Waals surface area contributed by atoms with Gasteiger partial charge >= 0.3 is 0 Å². The average molecular weight is 164 g/mol. The predicted octanol–water partition coefficient (Wildman–Crippen LogP) is 2.83. The van der Waals surface area contributed by atoms with Crippen molar-refractivity contribution in [2.45, 2.75) is 40.5 Å². The second-order valence-corrected chi connectivity index (χ2v) is 2.87. The summed E-state index contributed by atoms with van der Waals surface area (Å²) in [5.74, 6) is 0. The van der Waals surface area contributed by atoms with E-state index in [1.54, 1.807) is 0 Å². The van der Waals surface area contributed by atoms with Gasteiger partial charge in [0.1, 0.15) is 0 Å². The van der Waals surface area contributed by atoms with Crippen molar-refractivity contribution in [1.82, 2.24) is 0 Å². The third kappa shape index (κ3) is 8.44. The normalized spacial score (nSPS) is 9.78. The molecule has 0 fully saturated rings. The van der Waals surface area contributed by atoms with Gasteiger partial charge in [0.25, 0.3) is 0 Å². The molecule has 0 bridgehead atoms. The summed E-state index contributed by atoms with van der Waals surface area (Å²) in [6, 6.07) is 0. The average Bonchev–Trinajstić information content (AvgIpc) is 1.93. The van der Waals surface area contributed by atoms with Gasteiger partial charge in [-0.1, -0.05) is 40.5 Å². The molecule has 0 unspecified atom stereocenters. The Morgan fingerprint density at radius 1 is 1.00 bits per heavy atom. The van der Waals surface area contributed by atoms with E-state index in [4.69, 9.17) is 0 Å². The van der Waals surface area contributed by atoms with Crippen LogP contribution in [0.2, 0.25) is 0 Å². The van der Waals surface area contributed by atoms with Crippen molar-refractivity contribution in [2.24, 2.45) is 5.41 Å². The fourth-order valence-electron chi connectivity index (χ4n) is 0.250. The molecule has 0 N–H and O–H groups in total. The number of rotatable bonds is 2. The largest absolute Gasteiger partial charge is 0.0649 e.